The van der Waals surface area contributed by atoms with E-state index in [9.17, 15) is 4.79 Å². The van der Waals surface area contributed by atoms with Crippen LogP contribution >= 0.6 is 11.3 Å². The Labute approximate surface area is 76.4 Å². The van der Waals surface area contributed by atoms with E-state index < -0.39 is 0 Å². The highest BCUT2D eigenvalue weighted by atomic mass is 32.1. The van der Waals surface area contributed by atoms with Crippen molar-refractivity contribution in [1.29, 1.82) is 0 Å². The van der Waals surface area contributed by atoms with Crippen LogP contribution in [-0.2, 0) is 0 Å². The second-order valence-corrected chi connectivity index (χ2v) is 4.39. The topological polar surface area (TPSA) is 17.1 Å². The molecule has 0 bridgehead atoms. The summed E-state index contributed by atoms with van der Waals surface area (Å²) in [5.74, 6) is 0.724. The van der Waals surface area contributed by atoms with Crippen LogP contribution in [0.25, 0.3) is 0 Å². The van der Waals surface area contributed by atoms with Crippen molar-refractivity contribution in [3.63, 3.8) is 0 Å². The molecule has 2 heteroatoms. The number of aryl methyl sites for hydroxylation is 1. The van der Waals surface area contributed by atoms with Crippen LogP contribution in [0.15, 0.2) is 11.4 Å². The lowest BCUT2D eigenvalue weighted by Crippen LogP contribution is -2.20. The van der Waals surface area contributed by atoms with E-state index in [1.165, 1.54) is 12.0 Å². The molecular weight excluding hydrogens is 168 g/mol. The number of Topliss-reactive ketones (excluding diaryl/α,β-unsaturated/α-hetero) is 1. The van der Waals surface area contributed by atoms with Crippen molar-refractivity contribution in [2.75, 3.05) is 0 Å². The number of ketones is 1. The molecule has 0 aromatic carbocycles. The van der Waals surface area contributed by atoms with Crippen molar-refractivity contribution < 1.29 is 4.79 Å². The number of thiophene rings is 1. The van der Waals surface area contributed by atoms with Crippen LogP contribution in [0, 0.1) is 12.8 Å². The van der Waals surface area contributed by atoms with E-state index in [1.807, 2.05) is 18.4 Å². The summed E-state index contributed by atoms with van der Waals surface area (Å²) in [7, 11) is 0. The highest BCUT2D eigenvalue weighted by Gasteiger charge is 2.26. The lowest BCUT2D eigenvalue weighted by molar-refractivity contribution is 0.0859. The van der Waals surface area contributed by atoms with Crippen LogP contribution in [-0.4, -0.2) is 5.78 Å². The second-order valence-electron chi connectivity index (χ2n) is 3.48. The number of hydrogen-bond acceptors (Lipinski definition) is 2. The Morgan fingerprint density at radius 2 is 2.33 bits per heavy atom. The highest BCUT2D eigenvalue weighted by molar-refractivity contribution is 7.12. The van der Waals surface area contributed by atoms with Gasteiger partial charge in [-0.15, -0.1) is 11.3 Å². The fourth-order valence-corrected chi connectivity index (χ4v) is 2.35. The van der Waals surface area contributed by atoms with Crippen molar-refractivity contribution in [1.82, 2.24) is 0 Å². The van der Waals surface area contributed by atoms with Crippen molar-refractivity contribution in [2.24, 2.45) is 5.92 Å². The first-order chi connectivity index (χ1) is 5.77. The molecule has 1 fully saturated rings. The molecular formula is C10H12OS. The normalized spacial score (nSPS) is 17.4. The fraction of sp³-hybridized carbons (Fsp3) is 0.500. The van der Waals surface area contributed by atoms with Gasteiger partial charge in [0, 0.05) is 5.92 Å². The molecule has 0 radical (unpaired) electrons. The molecule has 0 atom stereocenters. The van der Waals surface area contributed by atoms with Gasteiger partial charge >= 0.3 is 0 Å². The largest absolute Gasteiger partial charge is 0.293 e. The number of hydrogen-bond donors (Lipinski definition) is 0. The van der Waals surface area contributed by atoms with Gasteiger partial charge in [-0.2, -0.15) is 0 Å². The van der Waals surface area contributed by atoms with Gasteiger partial charge in [0.15, 0.2) is 5.78 Å². The fourth-order valence-electron chi connectivity index (χ4n) is 1.43. The van der Waals surface area contributed by atoms with E-state index in [0.717, 1.165) is 17.7 Å². The Morgan fingerprint density at radius 1 is 1.58 bits per heavy atom. The minimum Gasteiger partial charge on any atom is -0.293 e. The van der Waals surface area contributed by atoms with Gasteiger partial charge in [0.2, 0.25) is 0 Å². The van der Waals surface area contributed by atoms with Gasteiger partial charge < -0.3 is 0 Å². The van der Waals surface area contributed by atoms with Crippen LogP contribution in [0.4, 0.5) is 0 Å². The SMILES string of the molecule is Cc1csc(C(=O)C2CCC2)c1. The van der Waals surface area contributed by atoms with Crippen LogP contribution in [0.2, 0.25) is 0 Å². The van der Waals surface area contributed by atoms with Crippen molar-refractivity contribution in [2.45, 2.75) is 26.2 Å². The summed E-state index contributed by atoms with van der Waals surface area (Å²) in [5.41, 5.74) is 1.21. The average molecular weight is 180 g/mol. The van der Waals surface area contributed by atoms with E-state index in [1.54, 1.807) is 11.3 Å². The zero-order valence-corrected chi connectivity index (χ0v) is 7.99. The van der Waals surface area contributed by atoms with Crippen LogP contribution in [0.3, 0.4) is 0 Å². The van der Waals surface area contributed by atoms with Crippen molar-refractivity contribution in [3.05, 3.63) is 21.9 Å². The summed E-state index contributed by atoms with van der Waals surface area (Å²) in [4.78, 5) is 12.6. The predicted octanol–water partition coefficient (Wildman–Crippen LogP) is 3.04. The predicted molar refractivity (Wildman–Crippen MR) is 50.7 cm³/mol. The molecule has 0 amide bonds. The summed E-state index contributed by atoms with van der Waals surface area (Å²) in [6.45, 7) is 2.04. The molecule has 1 saturated carbocycles. The molecule has 2 rings (SSSR count). The third-order valence-electron chi connectivity index (χ3n) is 2.45. The van der Waals surface area contributed by atoms with Gasteiger partial charge in [-0.1, -0.05) is 6.42 Å². The molecule has 1 aliphatic carbocycles. The molecule has 0 aliphatic heterocycles. The third-order valence-corrected chi connectivity index (χ3v) is 3.51. The molecule has 12 heavy (non-hydrogen) atoms. The lowest BCUT2D eigenvalue weighted by Gasteiger charge is -2.22. The van der Waals surface area contributed by atoms with Crippen LogP contribution < -0.4 is 0 Å². The first kappa shape index (κ1) is 7.99. The maximum atomic E-state index is 11.7. The summed E-state index contributed by atoms with van der Waals surface area (Å²) < 4.78 is 0. The molecule has 0 unspecified atom stereocenters. The molecule has 1 aromatic heterocycles. The Hall–Kier alpha value is -0.630. The number of carbonyl (C=O) groups is 1. The average Bonchev–Trinajstić information content (AvgIpc) is 2.31. The van der Waals surface area contributed by atoms with Crippen molar-refractivity contribution >= 4 is 17.1 Å². The Bertz CT molecular complexity index is 297. The van der Waals surface area contributed by atoms with Gasteiger partial charge in [0.05, 0.1) is 4.88 Å². The summed E-state index contributed by atoms with van der Waals surface area (Å²) in [5, 5.41) is 2.05. The van der Waals surface area contributed by atoms with Crippen LogP contribution in [0.5, 0.6) is 0 Å². The second kappa shape index (κ2) is 3.02. The van der Waals surface area contributed by atoms with Crippen LogP contribution in [0.1, 0.15) is 34.5 Å². The van der Waals surface area contributed by atoms with E-state index in [2.05, 4.69) is 0 Å². The lowest BCUT2D eigenvalue weighted by atomic mass is 9.82. The Kier molecular flexibility index (Phi) is 2.01. The minimum atomic E-state index is 0.350. The summed E-state index contributed by atoms with van der Waals surface area (Å²) >= 11 is 1.59. The molecule has 0 N–H and O–H groups in total. The van der Waals surface area contributed by atoms with Gasteiger partial charge in [-0.05, 0) is 36.8 Å². The molecule has 1 nitrogen and oxygen atoms in total. The standard InChI is InChI=1S/C10H12OS/c1-7-5-9(12-6-7)10(11)8-3-2-4-8/h5-6,8H,2-4H2,1H3. The smallest absolute Gasteiger partial charge is 0.175 e. The molecule has 1 aromatic rings. The highest BCUT2D eigenvalue weighted by Crippen LogP contribution is 2.31. The van der Waals surface area contributed by atoms with Gasteiger partial charge in [0.1, 0.15) is 0 Å². The van der Waals surface area contributed by atoms with Gasteiger partial charge in [0.25, 0.3) is 0 Å². The van der Waals surface area contributed by atoms with E-state index >= 15 is 0 Å². The first-order valence-corrected chi connectivity index (χ1v) is 5.24. The van der Waals surface area contributed by atoms with Crippen molar-refractivity contribution in [3.8, 4) is 0 Å². The summed E-state index contributed by atoms with van der Waals surface area (Å²) in [6, 6.07) is 2.01. The molecule has 0 saturated heterocycles. The number of rotatable bonds is 2. The maximum absolute atomic E-state index is 11.7. The monoisotopic (exact) mass is 180 g/mol. The first-order valence-electron chi connectivity index (χ1n) is 4.37. The van der Waals surface area contributed by atoms with Gasteiger partial charge in [-0.25, -0.2) is 0 Å². The zero-order chi connectivity index (χ0) is 8.55. The summed E-state index contributed by atoms with van der Waals surface area (Å²) in [6.07, 6.45) is 3.45. The molecule has 1 aliphatic rings. The molecule has 0 spiro atoms. The molecule has 1 heterocycles. The zero-order valence-electron chi connectivity index (χ0n) is 7.17. The minimum absolute atomic E-state index is 0.350. The van der Waals surface area contributed by atoms with E-state index in [0.29, 0.717) is 11.7 Å². The quantitative estimate of drug-likeness (QED) is 0.639. The number of carbonyl (C=O) groups excluding carboxylic acids is 1. The van der Waals surface area contributed by atoms with E-state index in [-0.39, 0.29) is 0 Å². The van der Waals surface area contributed by atoms with Gasteiger partial charge in [-0.3, -0.25) is 4.79 Å². The maximum Gasteiger partial charge on any atom is 0.175 e. The molecule has 64 valence electrons. The Balaban J connectivity index is 2.13. The third kappa shape index (κ3) is 1.31. The van der Waals surface area contributed by atoms with E-state index in [4.69, 9.17) is 0 Å². The Morgan fingerprint density at radius 3 is 2.75 bits per heavy atom.